The first-order valence-corrected chi connectivity index (χ1v) is 6.58. The molecular formula is C13H22N4O2. The number of carbonyl (C=O) groups excluding carboxylic acids is 1. The lowest BCUT2D eigenvalue weighted by Crippen LogP contribution is -2.50. The van der Waals surface area contributed by atoms with E-state index < -0.39 is 5.60 Å². The quantitative estimate of drug-likeness (QED) is 0.802. The predicted molar refractivity (Wildman–Crippen MR) is 72.0 cm³/mol. The summed E-state index contributed by atoms with van der Waals surface area (Å²) in [5, 5.41) is 13.2. The Bertz CT molecular complexity index is 442. The van der Waals surface area contributed by atoms with Crippen LogP contribution in [0.15, 0.2) is 6.33 Å². The molecule has 0 saturated carbocycles. The molecule has 2 rings (SSSR count). The first-order valence-electron chi connectivity index (χ1n) is 6.58. The maximum Gasteiger partial charge on any atom is 0.269 e. The fourth-order valence-corrected chi connectivity index (χ4v) is 2.41. The number of rotatable bonds is 3. The lowest BCUT2D eigenvalue weighted by molar-refractivity contribution is -0.0135. The van der Waals surface area contributed by atoms with E-state index in [0.717, 1.165) is 13.1 Å². The lowest BCUT2D eigenvalue weighted by Gasteiger charge is -2.36. The smallest absolute Gasteiger partial charge is 0.269 e. The largest absolute Gasteiger partial charge is 0.388 e. The van der Waals surface area contributed by atoms with E-state index in [1.54, 1.807) is 24.9 Å². The molecule has 1 saturated heterocycles. The van der Waals surface area contributed by atoms with Crippen molar-refractivity contribution in [3.8, 4) is 0 Å². The van der Waals surface area contributed by atoms with Gasteiger partial charge in [-0.05, 0) is 26.8 Å². The van der Waals surface area contributed by atoms with Crippen molar-refractivity contribution < 1.29 is 9.90 Å². The summed E-state index contributed by atoms with van der Waals surface area (Å²) in [4.78, 5) is 18.4. The van der Waals surface area contributed by atoms with Crippen LogP contribution in [-0.4, -0.2) is 57.7 Å². The van der Waals surface area contributed by atoms with Crippen LogP contribution in [0.2, 0.25) is 0 Å². The van der Waals surface area contributed by atoms with Gasteiger partial charge in [-0.2, -0.15) is 0 Å². The van der Waals surface area contributed by atoms with Crippen molar-refractivity contribution in [1.82, 2.24) is 19.8 Å². The Balaban J connectivity index is 1.94. The molecule has 1 aliphatic heterocycles. The summed E-state index contributed by atoms with van der Waals surface area (Å²) in [5.41, 5.74) is 0.473. The molecule has 1 amide bonds. The highest BCUT2D eigenvalue weighted by atomic mass is 16.3. The maximum atomic E-state index is 12.1. The van der Waals surface area contributed by atoms with Crippen molar-refractivity contribution in [2.45, 2.75) is 25.4 Å². The number of imidazole rings is 1. The normalized spacial score (nSPS) is 19.4. The Kier molecular flexibility index (Phi) is 3.91. The van der Waals surface area contributed by atoms with Gasteiger partial charge in [-0.15, -0.1) is 0 Å². The summed E-state index contributed by atoms with van der Waals surface area (Å²) >= 11 is 0. The standard InChI is InChI=1S/C13H22N4O2/c1-10-11(17(3)9-15-10)12(18)14-8-13(19)4-6-16(2)7-5-13/h9,19H,4-8H2,1-3H3,(H,14,18). The van der Waals surface area contributed by atoms with Gasteiger partial charge in [-0.25, -0.2) is 4.98 Å². The molecule has 1 aromatic heterocycles. The zero-order chi connectivity index (χ0) is 14.0. The molecule has 0 unspecified atom stereocenters. The van der Waals surface area contributed by atoms with Crippen LogP contribution in [0.3, 0.4) is 0 Å². The zero-order valence-electron chi connectivity index (χ0n) is 11.8. The molecule has 1 aromatic rings. The molecule has 2 heterocycles. The van der Waals surface area contributed by atoms with Gasteiger partial charge in [0.2, 0.25) is 0 Å². The molecule has 2 N–H and O–H groups in total. The summed E-state index contributed by atoms with van der Waals surface area (Å²) in [5.74, 6) is -0.176. The second kappa shape index (κ2) is 5.30. The van der Waals surface area contributed by atoms with Crippen LogP contribution in [0.4, 0.5) is 0 Å². The lowest BCUT2D eigenvalue weighted by atomic mass is 9.91. The van der Waals surface area contributed by atoms with Crippen LogP contribution in [0.5, 0.6) is 0 Å². The van der Waals surface area contributed by atoms with Gasteiger partial charge in [-0.3, -0.25) is 4.79 Å². The van der Waals surface area contributed by atoms with Gasteiger partial charge in [-0.1, -0.05) is 0 Å². The first kappa shape index (κ1) is 14.0. The minimum absolute atomic E-state index is 0.176. The molecular weight excluding hydrogens is 244 g/mol. The second-order valence-corrected chi connectivity index (χ2v) is 5.50. The molecule has 6 heteroatoms. The van der Waals surface area contributed by atoms with Crippen LogP contribution in [0, 0.1) is 6.92 Å². The number of likely N-dealkylation sites (tertiary alicyclic amines) is 1. The van der Waals surface area contributed by atoms with Gasteiger partial charge < -0.3 is 19.9 Å². The summed E-state index contributed by atoms with van der Waals surface area (Å²) in [6, 6.07) is 0. The average Bonchev–Trinajstić information content (AvgIpc) is 2.71. The van der Waals surface area contributed by atoms with Crippen LogP contribution in [0.1, 0.15) is 29.0 Å². The summed E-state index contributed by atoms with van der Waals surface area (Å²) in [6.45, 7) is 3.82. The minimum Gasteiger partial charge on any atom is -0.388 e. The summed E-state index contributed by atoms with van der Waals surface area (Å²) in [7, 11) is 3.83. The Morgan fingerprint density at radius 2 is 2.11 bits per heavy atom. The van der Waals surface area contributed by atoms with Crippen LogP contribution in [-0.2, 0) is 7.05 Å². The molecule has 106 valence electrons. The van der Waals surface area contributed by atoms with Crippen LogP contribution >= 0.6 is 0 Å². The first-order chi connectivity index (χ1) is 8.91. The Morgan fingerprint density at radius 1 is 1.47 bits per heavy atom. The monoisotopic (exact) mass is 266 g/mol. The van der Waals surface area contributed by atoms with E-state index in [0.29, 0.717) is 30.8 Å². The van der Waals surface area contributed by atoms with E-state index in [1.165, 1.54) is 0 Å². The van der Waals surface area contributed by atoms with Crippen LogP contribution in [0.25, 0.3) is 0 Å². The number of nitrogens with one attached hydrogen (secondary N) is 1. The summed E-state index contributed by atoms with van der Waals surface area (Å²) < 4.78 is 1.70. The Labute approximate surface area is 113 Å². The van der Waals surface area contributed by atoms with Gasteiger partial charge in [0.05, 0.1) is 17.6 Å². The predicted octanol–water partition coefficient (Wildman–Crippen LogP) is -0.0850. The maximum absolute atomic E-state index is 12.1. The molecule has 0 aliphatic carbocycles. The fraction of sp³-hybridized carbons (Fsp3) is 0.692. The molecule has 1 fully saturated rings. The molecule has 1 aliphatic rings. The summed E-state index contributed by atoms with van der Waals surface area (Å²) in [6.07, 6.45) is 3.00. The number of nitrogens with zero attached hydrogens (tertiary/aromatic N) is 3. The third kappa shape index (κ3) is 3.13. The number of aliphatic hydroxyl groups is 1. The van der Waals surface area contributed by atoms with Gasteiger partial charge in [0, 0.05) is 26.7 Å². The van der Waals surface area contributed by atoms with Gasteiger partial charge in [0.15, 0.2) is 0 Å². The highest BCUT2D eigenvalue weighted by Crippen LogP contribution is 2.20. The number of amides is 1. The third-order valence-electron chi connectivity index (χ3n) is 3.83. The molecule has 0 bridgehead atoms. The topological polar surface area (TPSA) is 70.4 Å². The van der Waals surface area contributed by atoms with Gasteiger partial charge in [0.25, 0.3) is 5.91 Å². The van der Waals surface area contributed by atoms with Gasteiger partial charge in [0.1, 0.15) is 5.69 Å². The molecule has 0 aromatic carbocycles. The van der Waals surface area contributed by atoms with E-state index >= 15 is 0 Å². The van der Waals surface area contributed by atoms with E-state index in [2.05, 4.69) is 15.2 Å². The highest BCUT2D eigenvalue weighted by Gasteiger charge is 2.31. The number of hydrogen-bond acceptors (Lipinski definition) is 4. The second-order valence-electron chi connectivity index (χ2n) is 5.50. The number of carbonyl (C=O) groups is 1. The van der Waals surface area contributed by atoms with Crippen molar-refractivity contribution >= 4 is 5.91 Å². The van der Waals surface area contributed by atoms with Crippen molar-refractivity contribution in [3.63, 3.8) is 0 Å². The van der Waals surface area contributed by atoms with E-state index in [9.17, 15) is 9.90 Å². The minimum atomic E-state index is -0.783. The Hall–Kier alpha value is -1.40. The van der Waals surface area contributed by atoms with Crippen molar-refractivity contribution in [2.75, 3.05) is 26.7 Å². The third-order valence-corrected chi connectivity index (χ3v) is 3.83. The van der Waals surface area contributed by atoms with E-state index in [1.807, 2.05) is 7.05 Å². The number of aryl methyl sites for hydroxylation is 2. The number of piperidine rings is 1. The van der Waals surface area contributed by atoms with Gasteiger partial charge >= 0.3 is 0 Å². The van der Waals surface area contributed by atoms with E-state index in [-0.39, 0.29) is 5.91 Å². The molecule has 0 spiro atoms. The SMILES string of the molecule is Cc1ncn(C)c1C(=O)NCC1(O)CCN(C)CC1. The van der Waals surface area contributed by atoms with Crippen molar-refractivity contribution in [2.24, 2.45) is 7.05 Å². The zero-order valence-corrected chi connectivity index (χ0v) is 11.8. The number of hydrogen-bond donors (Lipinski definition) is 2. The molecule has 0 radical (unpaired) electrons. The fourth-order valence-electron chi connectivity index (χ4n) is 2.41. The molecule has 0 atom stereocenters. The van der Waals surface area contributed by atoms with Crippen LogP contribution < -0.4 is 5.32 Å². The molecule has 6 nitrogen and oxygen atoms in total. The Morgan fingerprint density at radius 3 is 2.63 bits per heavy atom. The van der Waals surface area contributed by atoms with Crippen molar-refractivity contribution in [3.05, 3.63) is 17.7 Å². The van der Waals surface area contributed by atoms with Crippen molar-refractivity contribution in [1.29, 1.82) is 0 Å². The average molecular weight is 266 g/mol. The highest BCUT2D eigenvalue weighted by molar-refractivity contribution is 5.93. The molecule has 19 heavy (non-hydrogen) atoms. The number of aromatic nitrogens is 2. The van der Waals surface area contributed by atoms with E-state index in [4.69, 9.17) is 0 Å².